The summed E-state index contributed by atoms with van der Waals surface area (Å²) < 4.78 is 30.1. The molecule has 6 heteroatoms. The Balaban J connectivity index is 2.13. The molecule has 4 nitrogen and oxygen atoms in total. The minimum atomic E-state index is -2.55. The number of hydrogen-bond donors (Lipinski definition) is 1. The van der Waals surface area contributed by atoms with Gasteiger partial charge in [0, 0.05) is 11.9 Å². The van der Waals surface area contributed by atoms with Gasteiger partial charge in [-0.05, 0) is 6.07 Å². The van der Waals surface area contributed by atoms with Crippen LogP contribution in [0.2, 0.25) is 0 Å². The van der Waals surface area contributed by atoms with Crippen LogP contribution in [0.4, 0.5) is 8.78 Å². The number of aliphatic hydroxyl groups excluding tert-OH is 1. The number of fused-ring (bicyclic) bond motifs is 1. The number of nitrogens with zero attached hydrogens (tertiary/aromatic N) is 1. The van der Waals surface area contributed by atoms with Crippen LogP contribution in [0.5, 0.6) is 0 Å². The Morgan fingerprint density at radius 1 is 1.35 bits per heavy atom. The summed E-state index contributed by atoms with van der Waals surface area (Å²) in [7, 11) is 0. The van der Waals surface area contributed by atoms with Gasteiger partial charge in [-0.2, -0.15) is 0 Å². The highest BCUT2D eigenvalue weighted by Gasteiger charge is 2.19. The van der Waals surface area contributed by atoms with Crippen molar-refractivity contribution < 1.29 is 23.1 Å². The number of aliphatic hydroxyl groups is 1. The first-order valence-electron chi connectivity index (χ1n) is 6.22. The van der Waals surface area contributed by atoms with Crippen LogP contribution in [0.3, 0.4) is 0 Å². The molecule has 0 saturated carbocycles. The Hall–Kier alpha value is -1.79. The minimum absolute atomic E-state index is 0.0336. The fraction of sp³-hybridized carbons (Fsp3) is 0.357. The van der Waals surface area contributed by atoms with Crippen LogP contribution in [0.25, 0.3) is 11.0 Å². The third-order valence-corrected chi connectivity index (χ3v) is 2.96. The summed E-state index contributed by atoms with van der Waals surface area (Å²) in [4.78, 5) is 13.4. The van der Waals surface area contributed by atoms with Gasteiger partial charge in [-0.15, -0.1) is 0 Å². The summed E-state index contributed by atoms with van der Waals surface area (Å²) in [5.74, 6) is -0.302. The molecule has 0 saturated heterocycles. The average molecular weight is 283 g/mol. The molecule has 20 heavy (non-hydrogen) atoms. The number of ketones is 1. The lowest BCUT2D eigenvalue weighted by molar-refractivity contribution is 0.0689. The largest absolute Gasteiger partial charge is 0.464 e. The van der Waals surface area contributed by atoms with Crippen molar-refractivity contribution in [1.29, 1.82) is 0 Å². The van der Waals surface area contributed by atoms with Crippen molar-refractivity contribution in [2.75, 3.05) is 26.2 Å². The van der Waals surface area contributed by atoms with Crippen LogP contribution in [0.1, 0.15) is 10.4 Å². The zero-order valence-electron chi connectivity index (χ0n) is 10.8. The Kier molecular flexibility index (Phi) is 4.81. The lowest BCUT2D eigenvalue weighted by Crippen LogP contribution is -2.36. The van der Waals surface area contributed by atoms with Gasteiger partial charge in [0.1, 0.15) is 11.8 Å². The van der Waals surface area contributed by atoms with Crippen LogP contribution < -0.4 is 0 Å². The molecule has 108 valence electrons. The lowest BCUT2D eigenvalue weighted by atomic mass is 10.1. The van der Waals surface area contributed by atoms with Gasteiger partial charge < -0.3 is 9.52 Å². The predicted octanol–water partition coefficient (Wildman–Crippen LogP) is 2.17. The fourth-order valence-electron chi connectivity index (χ4n) is 2.05. The number of Topliss-reactive ketones (excluding diaryl/α,β-unsaturated/α-hetero) is 1. The van der Waals surface area contributed by atoms with Gasteiger partial charge >= 0.3 is 0 Å². The van der Waals surface area contributed by atoms with Gasteiger partial charge in [-0.25, -0.2) is 8.78 Å². The van der Waals surface area contributed by atoms with E-state index in [4.69, 9.17) is 9.52 Å². The van der Waals surface area contributed by atoms with E-state index in [0.29, 0.717) is 16.5 Å². The van der Waals surface area contributed by atoms with E-state index < -0.39 is 13.0 Å². The average Bonchev–Trinajstić information content (AvgIpc) is 2.82. The summed E-state index contributed by atoms with van der Waals surface area (Å²) in [5, 5.41) is 9.51. The summed E-state index contributed by atoms with van der Waals surface area (Å²) >= 11 is 0. The van der Waals surface area contributed by atoms with E-state index in [-0.39, 0.29) is 25.5 Å². The van der Waals surface area contributed by atoms with E-state index in [0.717, 1.165) is 0 Å². The third-order valence-electron chi connectivity index (χ3n) is 2.96. The number of para-hydroxylation sites is 1. The topological polar surface area (TPSA) is 53.7 Å². The first kappa shape index (κ1) is 14.6. The molecule has 0 aliphatic carbocycles. The maximum atomic E-state index is 12.4. The zero-order chi connectivity index (χ0) is 14.5. The molecule has 0 fully saturated rings. The number of benzene rings is 1. The first-order valence-corrected chi connectivity index (χ1v) is 6.22. The Morgan fingerprint density at radius 3 is 2.80 bits per heavy atom. The smallest absolute Gasteiger partial charge is 0.251 e. The van der Waals surface area contributed by atoms with E-state index in [9.17, 15) is 13.6 Å². The maximum absolute atomic E-state index is 12.4. The summed E-state index contributed by atoms with van der Waals surface area (Å²) in [5.41, 5.74) is 0.955. The third kappa shape index (κ3) is 3.40. The normalized spacial score (nSPS) is 11.7. The summed E-state index contributed by atoms with van der Waals surface area (Å²) in [6.45, 7) is -0.950. The standard InChI is InChI=1S/C14H15F2NO3/c15-14(16)8-17(5-6-18)7-12(19)11-9-20-13-4-2-1-3-10(11)13/h1-4,9,14,18H,5-8H2. The molecule has 0 aliphatic rings. The quantitative estimate of drug-likeness (QED) is 0.791. The Labute approximate surface area is 114 Å². The SMILES string of the molecule is O=C(CN(CCO)CC(F)F)c1coc2ccccc12. The molecule has 1 N–H and O–H groups in total. The van der Waals surface area contributed by atoms with Crippen LogP contribution in [-0.2, 0) is 0 Å². The highest BCUT2D eigenvalue weighted by atomic mass is 19.3. The van der Waals surface area contributed by atoms with E-state index in [2.05, 4.69) is 0 Å². The molecule has 2 rings (SSSR count). The zero-order valence-corrected chi connectivity index (χ0v) is 10.8. The van der Waals surface area contributed by atoms with Crippen molar-refractivity contribution in [3.8, 4) is 0 Å². The lowest BCUT2D eigenvalue weighted by Gasteiger charge is -2.19. The second-order valence-electron chi connectivity index (χ2n) is 4.42. The first-order chi connectivity index (χ1) is 9.61. The molecule has 0 aliphatic heterocycles. The fourth-order valence-corrected chi connectivity index (χ4v) is 2.05. The molecule has 0 atom stereocenters. The van der Waals surface area contributed by atoms with Crippen molar-refractivity contribution >= 4 is 16.8 Å². The highest BCUT2D eigenvalue weighted by Crippen LogP contribution is 2.21. The van der Waals surface area contributed by atoms with Crippen LogP contribution in [-0.4, -0.2) is 48.5 Å². The molecule has 1 aromatic carbocycles. The second kappa shape index (κ2) is 6.58. The van der Waals surface area contributed by atoms with Crippen molar-refractivity contribution in [1.82, 2.24) is 4.90 Å². The van der Waals surface area contributed by atoms with Gasteiger partial charge in [-0.3, -0.25) is 9.69 Å². The molecule has 0 radical (unpaired) electrons. The van der Waals surface area contributed by atoms with E-state index in [1.807, 2.05) is 0 Å². The molecule has 0 bridgehead atoms. The monoisotopic (exact) mass is 283 g/mol. The van der Waals surface area contributed by atoms with E-state index in [1.165, 1.54) is 11.2 Å². The van der Waals surface area contributed by atoms with Crippen LogP contribution in [0, 0.1) is 0 Å². The van der Waals surface area contributed by atoms with Crippen LogP contribution in [0.15, 0.2) is 34.9 Å². The molecule has 1 heterocycles. The molecule has 1 aromatic heterocycles. The number of carbonyl (C=O) groups is 1. The molecule has 0 amide bonds. The number of carbonyl (C=O) groups excluding carboxylic acids is 1. The summed E-state index contributed by atoms with van der Waals surface area (Å²) in [6, 6.07) is 7.04. The molecular weight excluding hydrogens is 268 g/mol. The Morgan fingerprint density at radius 2 is 2.10 bits per heavy atom. The minimum Gasteiger partial charge on any atom is -0.464 e. The Bertz CT molecular complexity index is 583. The molecule has 2 aromatic rings. The van der Waals surface area contributed by atoms with E-state index >= 15 is 0 Å². The summed E-state index contributed by atoms with van der Waals surface area (Å²) in [6.07, 6.45) is -1.21. The number of alkyl halides is 2. The number of hydrogen-bond acceptors (Lipinski definition) is 4. The molecule has 0 unspecified atom stereocenters. The van der Waals surface area contributed by atoms with Gasteiger partial charge in [0.25, 0.3) is 6.43 Å². The number of rotatable bonds is 7. The number of furan rings is 1. The maximum Gasteiger partial charge on any atom is 0.251 e. The van der Waals surface area contributed by atoms with Crippen molar-refractivity contribution in [2.45, 2.75) is 6.43 Å². The van der Waals surface area contributed by atoms with Gasteiger partial charge in [0.15, 0.2) is 5.78 Å². The predicted molar refractivity (Wildman–Crippen MR) is 70.1 cm³/mol. The van der Waals surface area contributed by atoms with Crippen LogP contribution >= 0.6 is 0 Å². The van der Waals surface area contributed by atoms with E-state index in [1.54, 1.807) is 24.3 Å². The molecule has 0 spiro atoms. The van der Waals surface area contributed by atoms with Crippen molar-refractivity contribution in [2.24, 2.45) is 0 Å². The molecular formula is C14H15F2NO3. The van der Waals surface area contributed by atoms with Crippen molar-refractivity contribution in [3.05, 3.63) is 36.1 Å². The highest BCUT2D eigenvalue weighted by molar-refractivity contribution is 6.08. The number of halogens is 2. The second-order valence-corrected chi connectivity index (χ2v) is 4.42. The van der Waals surface area contributed by atoms with Crippen molar-refractivity contribution in [3.63, 3.8) is 0 Å². The van der Waals surface area contributed by atoms with Gasteiger partial charge in [0.05, 0.1) is 25.3 Å². The van der Waals surface area contributed by atoms with Gasteiger partial charge in [0.2, 0.25) is 0 Å². The van der Waals surface area contributed by atoms with Gasteiger partial charge in [-0.1, -0.05) is 18.2 Å².